The van der Waals surface area contributed by atoms with E-state index >= 15 is 9.59 Å². The Kier molecular flexibility index (Phi) is 11.0. The molecule has 0 N–H and O–H groups in total. The maximum Gasteiger partial charge on any atom is 0.261 e. The molecule has 2 atom stereocenters. The van der Waals surface area contributed by atoms with Gasteiger partial charge in [-0.05, 0) is 73.2 Å². The van der Waals surface area contributed by atoms with Crippen LogP contribution in [-0.2, 0) is 23.7 Å². The molecule has 6 heterocycles. The maximum atomic E-state index is 15.2. The Morgan fingerprint density at radius 3 is 1.30 bits per heavy atom. The standard InChI is InChI=1S/C48H54N4O2S2/c1-7-11-17-31(9-3)29-51-45(41-25-23-39(55-41)37-27-33-19-13-15-21-35(33)49(37)5)43-44(47(51)53)46(52(48(43)54)30-32(10-4)18-12-8-2)42-26-24-40(56-42)38-28-34-20-14-16-22-36(34)50(38)6/h13-16,19-28,31-32H,7-12,17-18,29-30H2,1-6H3. The van der Waals surface area contributed by atoms with Crippen molar-refractivity contribution in [1.29, 1.82) is 0 Å². The highest BCUT2D eigenvalue weighted by Gasteiger charge is 2.50. The second kappa shape index (κ2) is 16.1. The molecule has 0 spiro atoms. The lowest BCUT2D eigenvalue weighted by Gasteiger charge is -2.29. The summed E-state index contributed by atoms with van der Waals surface area (Å²) < 4.78 is 4.49. The first-order chi connectivity index (χ1) is 27.3. The van der Waals surface area contributed by atoms with Gasteiger partial charge in [-0.2, -0.15) is 0 Å². The third-order valence-electron chi connectivity index (χ3n) is 12.2. The smallest absolute Gasteiger partial charge is 0.261 e. The quantitative estimate of drug-likeness (QED) is 0.0982. The Hall–Kier alpha value is -4.66. The van der Waals surface area contributed by atoms with Crippen LogP contribution in [0.5, 0.6) is 0 Å². The SMILES string of the molecule is CCCCC(CC)CN1C(=O)C2=C(c3ccc(-c4cc5ccccc5n4C)s3)N(CC(CC)CCCC)C(=O)C2=C1c1ccc(-c2cc3ccccc3n2C)s1. The second-order valence-electron chi connectivity index (χ2n) is 15.7. The summed E-state index contributed by atoms with van der Waals surface area (Å²) >= 11 is 3.38. The van der Waals surface area contributed by atoms with Gasteiger partial charge >= 0.3 is 0 Å². The first kappa shape index (κ1) is 38.2. The van der Waals surface area contributed by atoms with E-state index in [2.05, 4.69) is 136 Å². The lowest BCUT2D eigenvalue weighted by atomic mass is 9.98. The molecule has 2 aliphatic heterocycles. The molecule has 2 amide bonds. The van der Waals surface area contributed by atoms with E-state index in [4.69, 9.17) is 0 Å². The Morgan fingerprint density at radius 2 is 0.929 bits per heavy atom. The van der Waals surface area contributed by atoms with Gasteiger partial charge in [0, 0.05) is 49.0 Å². The molecular weight excluding hydrogens is 729 g/mol. The number of aromatic nitrogens is 2. The molecule has 4 aromatic heterocycles. The van der Waals surface area contributed by atoms with Crippen LogP contribution in [0.2, 0.25) is 0 Å². The fourth-order valence-corrected chi connectivity index (χ4v) is 11.1. The zero-order valence-electron chi connectivity index (χ0n) is 33.7. The highest BCUT2D eigenvalue weighted by Crippen LogP contribution is 2.51. The van der Waals surface area contributed by atoms with Crippen LogP contribution in [0, 0.1) is 11.8 Å². The number of hydrogen-bond donors (Lipinski definition) is 0. The maximum absolute atomic E-state index is 15.2. The van der Waals surface area contributed by atoms with E-state index in [0.717, 1.165) is 93.7 Å². The predicted molar refractivity (Wildman–Crippen MR) is 236 cm³/mol. The summed E-state index contributed by atoms with van der Waals surface area (Å²) in [5, 5.41) is 2.40. The van der Waals surface area contributed by atoms with Crippen molar-refractivity contribution in [2.45, 2.75) is 79.1 Å². The summed E-state index contributed by atoms with van der Waals surface area (Å²) in [5.74, 6) is 0.632. The van der Waals surface area contributed by atoms with Crippen molar-refractivity contribution in [3.63, 3.8) is 0 Å². The van der Waals surface area contributed by atoms with Crippen LogP contribution in [0.1, 0.15) is 88.8 Å². The zero-order chi connectivity index (χ0) is 39.1. The molecule has 8 heteroatoms. The largest absolute Gasteiger partial charge is 0.343 e. The molecule has 6 aromatic rings. The number of benzene rings is 2. The average molecular weight is 783 g/mol. The van der Waals surface area contributed by atoms with Gasteiger partial charge in [-0.15, -0.1) is 22.7 Å². The molecule has 0 saturated carbocycles. The normalized spacial score (nSPS) is 15.8. The minimum absolute atomic E-state index is 0.0310. The van der Waals surface area contributed by atoms with Gasteiger partial charge in [-0.3, -0.25) is 9.59 Å². The number of nitrogens with zero attached hydrogens (tertiary/aromatic N) is 4. The van der Waals surface area contributed by atoms with Crippen LogP contribution in [0.4, 0.5) is 0 Å². The molecule has 0 aliphatic carbocycles. The molecule has 6 nitrogen and oxygen atoms in total. The first-order valence-corrected chi connectivity index (χ1v) is 22.3. The van der Waals surface area contributed by atoms with Crippen molar-refractivity contribution in [1.82, 2.24) is 18.9 Å². The van der Waals surface area contributed by atoms with Gasteiger partial charge in [-0.25, -0.2) is 0 Å². The van der Waals surface area contributed by atoms with Gasteiger partial charge in [0.2, 0.25) is 0 Å². The van der Waals surface area contributed by atoms with E-state index in [9.17, 15) is 0 Å². The molecule has 2 unspecified atom stereocenters. The van der Waals surface area contributed by atoms with Gasteiger partial charge in [-0.1, -0.05) is 103 Å². The molecule has 0 saturated heterocycles. The first-order valence-electron chi connectivity index (χ1n) is 20.7. The number of hydrogen-bond acceptors (Lipinski definition) is 4. The van der Waals surface area contributed by atoms with Crippen LogP contribution in [0.25, 0.3) is 54.3 Å². The van der Waals surface area contributed by atoms with Crippen LogP contribution in [0.15, 0.2) is 96.1 Å². The summed E-state index contributed by atoms with van der Waals surface area (Å²) in [6.45, 7) is 10.1. The van der Waals surface area contributed by atoms with E-state index < -0.39 is 0 Å². The average Bonchev–Trinajstić information content (AvgIpc) is 4.08. The monoisotopic (exact) mass is 782 g/mol. The van der Waals surface area contributed by atoms with Crippen LogP contribution >= 0.6 is 22.7 Å². The van der Waals surface area contributed by atoms with Gasteiger partial charge in [0.15, 0.2) is 0 Å². The lowest BCUT2D eigenvalue weighted by Crippen LogP contribution is -2.34. The summed E-state index contributed by atoms with van der Waals surface area (Å²) in [7, 11) is 4.23. The lowest BCUT2D eigenvalue weighted by molar-refractivity contribution is -0.124. The number of aryl methyl sites for hydroxylation is 2. The van der Waals surface area contributed by atoms with Gasteiger partial charge in [0.1, 0.15) is 0 Å². The van der Waals surface area contributed by atoms with E-state index in [1.165, 1.54) is 21.8 Å². The number of rotatable bonds is 16. The third-order valence-corrected chi connectivity index (χ3v) is 14.5. The number of amides is 2. The van der Waals surface area contributed by atoms with Crippen molar-refractivity contribution in [2.75, 3.05) is 13.1 Å². The van der Waals surface area contributed by atoms with E-state index in [1.807, 2.05) is 9.80 Å². The molecular formula is C48H54N4O2S2. The number of para-hydroxylation sites is 2. The fraction of sp³-hybridized carbons (Fsp3) is 0.375. The molecule has 8 rings (SSSR count). The van der Waals surface area contributed by atoms with E-state index in [0.29, 0.717) is 36.1 Å². The number of carbonyl (C=O) groups is 2. The highest BCUT2D eigenvalue weighted by atomic mass is 32.1. The Balaban J connectivity index is 1.29. The summed E-state index contributed by atoms with van der Waals surface area (Å²) in [6.07, 6.45) is 8.58. The zero-order valence-corrected chi connectivity index (χ0v) is 35.4. The minimum Gasteiger partial charge on any atom is -0.343 e. The number of unbranched alkanes of at least 4 members (excludes halogenated alkanes) is 2. The van der Waals surface area contributed by atoms with Crippen molar-refractivity contribution in [3.8, 4) is 21.1 Å². The molecule has 2 aromatic carbocycles. The highest BCUT2D eigenvalue weighted by molar-refractivity contribution is 7.17. The summed E-state index contributed by atoms with van der Waals surface area (Å²) in [5.41, 5.74) is 7.41. The predicted octanol–water partition coefficient (Wildman–Crippen LogP) is 12.4. The number of carbonyl (C=O) groups excluding carboxylic acids is 2. The van der Waals surface area contributed by atoms with E-state index in [-0.39, 0.29) is 11.8 Å². The van der Waals surface area contributed by atoms with Crippen molar-refractivity contribution in [2.24, 2.45) is 25.9 Å². The van der Waals surface area contributed by atoms with Crippen LogP contribution in [-0.4, -0.2) is 43.8 Å². The van der Waals surface area contributed by atoms with Crippen molar-refractivity contribution in [3.05, 3.63) is 106 Å². The van der Waals surface area contributed by atoms with Gasteiger partial charge < -0.3 is 18.9 Å². The topological polar surface area (TPSA) is 50.5 Å². The van der Waals surface area contributed by atoms with Gasteiger partial charge in [0.05, 0.1) is 53.4 Å². The van der Waals surface area contributed by atoms with Crippen molar-refractivity contribution >= 4 is 67.7 Å². The summed E-state index contributed by atoms with van der Waals surface area (Å²) in [6, 6.07) is 30.1. The molecule has 56 heavy (non-hydrogen) atoms. The number of fused-ring (bicyclic) bond motifs is 3. The van der Waals surface area contributed by atoms with Crippen LogP contribution < -0.4 is 0 Å². The van der Waals surface area contributed by atoms with Crippen molar-refractivity contribution < 1.29 is 9.59 Å². The Morgan fingerprint density at radius 1 is 0.536 bits per heavy atom. The molecule has 0 fully saturated rings. The van der Waals surface area contributed by atoms with Crippen LogP contribution in [0.3, 0.4) is 0 Å². The third kappa shape index (κ3) is 6.68. The van der Waals surface area contributed by atoms with Gasteiger partial charge in [0.25, 0.3) is 11.8 Å². The molecule has 290 valence electrons. The van der Waals surface area contributed by atoms with E-state index in [1.54, 1.807) is 22.7 Å². The second-order valence-corrected chi connectivity index (χ2v) is 17.9. The fourth-order valence-electron chi connectivity index (χ4n) is 8.86. The summed E-state index contributed by atoms with van der Waals surface area (Å²) in [4.78, 5) is 38.7. The minimum atomic E-state index is -0.0310. The Labute approximate surface area is 339 Å². The molecule has 0 bridgehead atoms. The number of thiophene rings is 2. The molecule has 0 radical (unpaired) electrons. The molecule has 2 aliphatic rings. The Bertz CT molecular complexity index is 2320.